The quantitative estimate of drug-likeness (QED) is 0.751. The number of amides is 1. The molecule has 1 aliphatic carbocycles. The Bertz CT molecular complexity index is 741. The van der Waals surface area contributed by atoms with Gasteiger partial charge in [-0.1, -0.05) is 31.0 Å². The first kappa shape index (κ1) is 18.6. The summed E-state index contributed by atoms with van der Waals surface area (Å²) in [6.07, 6.45) is 9.47. The number of methoxy groups -OCH3 is 2. The van der Waals surface area contributed by atoms with Gasteiger partial charge in [-0.15, -0.1) is 0 Å². The van der Waals surface area contributed by atoms with Crippen LogP contribution in [0, 0.1) is 0 Å². The number of carbonyl (C=O) groups is 1. The second kappa shape index (κ2) is 8.98. The van der Waals surface area contributed by atoms with Gasteiger partial charge in [0.05, 0.1) is 25.7 Å². The fraction of sp³-hybridized carbons (Fsp3) is 0.474. The number of thioether (sulfide) groups is 1. The number of nitrogens with zero attached hydrogens (tertiary/aromatic N) is 2. The zero-order valence-electron chi connectivity index (χ0n) is 15.2. The molecule has 1 aliphatic rings. The Labute approximate surface area is 158 Å². The minimum absolute atomic E-state index is 0.0677. The van der Waals surface area contributed by atoms with E-state index in [1.165, 1.54) is 31.0 Å². The first-order chi connectivity index (χ1) is 12.7. The summed E-state index contributed by atoms with van der Waals surface area (Å²) in [7, 11) is 3.25. The van der Waals surface area contributed by atoms with Crippen molar-refractivity contribution in [2.24, 2.45) is 0 Å². The van der Waals surface area contributed by atoms with E-state index in [0.29, 0.717) is 17.5 Å². The molecule has 1 saturated carbocycles. The Hall–Kier alpha value is -2.15. The Balaban J connectivity index is 1.66. The van der Waals surface area contributed by atoms with E-state index >= 15 is 0 Å². The van der Waals surface area contributed by atoms with Crippen molar-refractivity contribution in [2.45, 2.75) is 43.3 Å². The lowest BCUT2D eigenvalue weighted by atomic mass is 9.95. The normalized spacial score (nSPS) is 14.8. The zero-order chi connectivity index (χ0) is 18.4. The van der Waals surface area contributed by atoms with Gasteiger partial charge in [0.2, 0.25) is 5.91 Å². The minimum Gasteiger partial charge on any atom is -0.497 e. The molecule has 0 unspecified atom stereocenters. The van der Waals surface area contributed by atoms with E-state index in [1.807, 2.05) is 29.0 Å². The number of nitrogens with one attached hydrogen (secondary N) is 1. The van der Waals surface area contributed by atoms with Crippen LogP contribution in [0.2, 0.25) is 0 Å². The zero-order valence-corrected chi connectivity index (χ0v) is 16.1. The molecule has 0 bridgehead atoms. The predicted octanol–water partition coefficient (Wildman–Crippen LogP) is 3.43. The summed E-state index contributed by atoms with van der Waals surface area (Å²) < 4.78 is 12.7. The number of aromatic nitrogens is 2. The Kier molecular flexibility index (Phi) is 6.44. The molecule has 26 heavy (non-hydrogen) atoms. The van der Waals surface area contributed by atoms with Crippen molar-refractivity contribution in [3.05, 3.63) is 30.6 Å². The molecule has 1 aromatic carbocycles. The predicted molar refractivity (Wildman–Crippen MR) is 102 cm³/mol. The fourth-order valence-corrected chi connectivity index (χ4v) is 3.99. The van der Waals surface area contributed by atoms with Gasteiger partial charge in [0, 0.05) is 24.5 Å². The van der Waals surface area contributed by atoms with E-state index in [2.05, 4.69) is 10.3 Å². The van der Waals surface area contributed by atoms with Crippen LogP contribution in [0.5, 0.6) is 11.5 Å². The van der Waals surface area contributed by atoms with Crippen LogP contribution in [-0.2, 0) is 4.79 Å². The molecule has 6 nitrogen and oxygen atoms in total. The van der Waals surface area contributed by atoms with E-state index < -0.39 is 0 Å². The van der Waals surface area contributed by atoms with Crippen molar-refractivity contribution in [1.29, 1.82) is 0 Å². The van der Waals surface area contributed by atoms with Crippen LogP contribution in [-0.4, -0.2) is 41.5 Å². The van der Waals surface area contributed by atoms with Crippen LogP contribution in [0.3, 0.4) is 0 Å². The first-order valence-electron chi connectivity index (χ1n) is 8.89. The minimum atomic E-state index is 0.0677. The summed E-state index contributed by atoms with van der Waals surface area (Å²) in [6.45, 7) is 0. The number of benzene rings is 1. The van der Waals surface area contributed by atoms with Gasteiger partial charge in [-0.05, 0) is 25.0 Å². The SMILES string of the molecule is COc1ccc(-n2ccnc2SCC(=O)NC2CCCCC2)c(OC)c1. The highest BCUT2D eigenvalue weighted by molar-refractivity contribution is 7.99. The third-order valence-corrected chi connectivity index (χ3v) is 5.52. The number of carbonyl (C=O) groups excluding carboxylic acids is 1. The van der Waals surface area contributed by atoms with Gasteiger partial charge in [-0.3, -0.25) is 9.36 Å². The van der Waals surface area contributed by atoms with Gasteiger partial charge in [-0.25, -0.2) is 4.98 Å². The number of rotatable bonds is 7. The van der Waals surface area contributed by atoms with Crippen LogP contribution in [0.1, 0.15) is 32.1 Å². The van der Waals surface area contributed by atoms with E-state index in [9.17, 15) is 4.79 Å². The first-order valence-corrected chi connectivity index (χ1v) is 9.87. The lowest BCUT2D eigenvalue weighted by Gasteiger charge is -2.22. The van der Waals surface area contributed by atoms with Crippen molar-refractivity contribution in [1.82, 2.24) is 14.9 Å². The fourth-order valence-electron chi connectivity index (χ4n) is 3.21. The maximum Gasteiger partial charge on any atom is 0.230 e. The van der Waals surface area contributed by atoms with Gasteiger partial charge in [-0.2, -0.15) is 0 Å². The molecular formula is C19H25N3O3S. The average molecular weight is 375 g/mol. The molecule has 2 aromatic rings. The Morgan fingerprint density at radius 3 is 2.81 bits per heavy atom. The van der Waals surface area contributed by atoms with Gasteiger partial charge < -0.3 is 14.8 Å². The van der Waals surface area contributed by atoms with Gasteiger partial charge >= 0.3 is 0 Å². The maximum absolute atomic E-state index is 12.3. The van der Waals surface area contributed by atoms with E-state index in [4.69, 9.17) is 9.47 Å². The summed E-state index contributed by atoms with van der Waals surface area (Å²) in [5, 5.41) is 3.90. The highest BCUT2D eigenvalue weighted by atomic mass is 32.2. The summed E-state index contributed by atoms with van der Waals surface area (Å²) in [4.78, 5) is 16.6. The molecule has 0 saturated heterocycles. The summed E-state index contributed by atoms with van der Waals surface area (Å²) >= 11 is 1.43. The molecule has 0 radical (unpaired) electrons. The van der Waals surface area contributed by atoms with Crippen molar-refractivity contribution in [3.63, 3.8) is 0 Å². The number of hydrogen-bond acceptors (Lipinski definition) is 5. The number of hydrogen-bond donors (Lipinski definition) is 1. The van der Waals surface area contributed by atoms with Crippen LogP contribution in [0.15, 0.2) is 35.7 Å². The second-order valence-electron chi connectivity index (χ2n) is 6.31. The molecule has 3 rings (SSSR count). The second-order valence-corrected chi connectivity index (χ2v) is 7.25. The molecular weight excluding hydrogens is 350 g/mol. The third kappa shape index (κ3) is 4.52. The van der Waals surface area contributed by atoms with Crippen molar-refractivity contribution in [2.75, 3.05) is 20.0 Å². The molecule has 1 aromatic heterocycles. The smallest absolute Gasteiger partial charge is 0.230 e. The summed E-state index contributed by atoms with van der Waals surface area (Å²) in [5.41, 5.74) is 0.862. The Morgan fingerprint density at radius 1 is 1.27 bits per heavy atom. The van der Waals surface area contributed by atoms with E-state index in [1.54, 1.807) is 20.4 Å². The molecule has 1 N–H and O–H groups in total. The number of imidazole rings is 1. The van der Waals surface area contributed by atoms with Crippen molar-refractivity contribution in [3.8, 4) is 17.2 Å². The number of ether oxygens (including phenoxy) is 2. The van der Waals surface area contributed by atoms with E-state index in [0.717, 1.165) is 29.4 Å². The van der Waals surface area contributed by atoms with Gasteiger partial charge in [0.1, 0.15) is 11.5 Å². The third-order valence-electron chi connectivity index (χ3n) is 4.56. The molecule has 140 valence electrons. The van der Waals surface area contributed by atoms with Crippen molar-refractivity contribution >= 4 is 17.7 Å². The monoisotopic (exact) mass is 375 g/mol. The Morgan fingerprint density at radius 2 is 2.08 bits per heavy atom. The topological polar surface area (TPSA) is 65.4 Å². The lowest BCUT2D eigenvalue weighted by molar-refractivity contribution is -0.119. The molecule has 1 heterocycles. The largest absolute Gasteiger partial charge is 0.497 e. The van der Waals surface area contributed by atoms with Crippen LogP contribution in [0.4, 0.5) is 0 Å². The van der Waals surface area contributed by atoms with Crippen LogP contribution in [0.25, 0.3) is 5.69 Å². The van der Waals surface area contributed by atoms with Crippen molar-refractivity contribution < 1.29 is 14.3 Å². The van der Waals surface area contributed by atoms with Crippen LogP contribution < -0.4 is 14.8 Å². The molecule has 7 heteroatoms. The average Bonchev–Trinajstić information content (AvgIpc) is 3.15. The van der Waals surface area contributed by atoms with Gasteiger partial charge in [0.25, 0.3) is 0 Å². The maximum atomic E-state index is 12.3. The molecule has 1 fully saturated rings. The van der Waals surface area contributed by atoms with E-state index in [-0.39, 0.29) is 5.91 Å². The summed E-state index contributed by atoms with van der Waals surface area (Å²) in [6, 6.07) is 5.96. The highest BCUT2D eigenvalue weighted by Crippen LogP contribution is 2.30. The molecule has 1 amide bonds. The lowest BCUT2D eigenvalue weighted by Crippen LogP contribution is -2.37. The highest BCUT2D eigenvalue weighted by Gasteiger charge is 2.17. The standard InChI is InChI=1S/C19H25N3O3S/c1-24-15-8-9-16(17(12-15)25-2)22-11-10-20-19(22)26-13-18(23)21-14-6-4-3-5-7-14/h8-12,14H,3-7,13H2,1-2H3,(H,21,23). The summed E-state index contributed by atoms with van der Waals surface area (Å²) in [5.74, 6) is 1.84. The molecule has 0 aliphatic heterocycles. The van der Waals surface area contributed by atoms with Gasteiger partial charge in [0.15, 0.2) is 5.16 Å². The van der Waals surface area contributed by atoms with Crippen LogP contribution >= 0.6 is 11.8 Å². The molecule has 0 spiro atoms. The molecule has 0 atom stereocenters.